The van der Waals surface area contributed by atoms with E-state index in [-0.39, 0.29) is 11.3 Å². The fourth-order valence-corrected chi connectivity index (χ4v) is 2.15. The number of rotatable bonds is 4. The molecule has 0 spiro atoms. The van der Waals surface area contributed by atoms with Crippen LogP contribution < -0.4 is 5.73 Å². The fourth-order valence-electron chi connectivity index (χ4n) is 2.15. The number of fused-ring (bicyclic) bond motifs is 1. The zero-order valence-electron chi connectivity index (χ0n) is 12.5. The maximum atomic E-state index is 8.81. The van der Waals surface area contributed by atoms with E-state index in [1.54, 1.807) is 0 Å². The van der Waals surface area contributed by atoms with Crippen LogP contribution in [0.15, 0.2) is 23.6 Å². The van der Waals surface area contributed by atoms with Crippen molar-refractivity contribution in [1.82, 2.24) is 9.55 Å². The first-order valence-electron chi connectivity index (χ1n) is 6.75. The molecule has 0 amide bonds. The summed E-state index contributed by atoms with van der Waals surface area (Å²) in [6.45, 7) is 8.91. The molecule has 0 aliphatic rings. The number of amidine groups is 1. The standard InChI is InChI=1S/C15H22N4O/c1-10-7-12-13(8-11(10)2)19(9-17-12)6-5-15(3,4)14(16)18-20/h7-9,20H,5-6H2,1-4H3,(H2,16,18). The zero-order chi connectivity index (χ0) is 14.9. The van der Waals surface area contributed by atoms with Crippen LogP contribution >= 0.6 is 0 Å². The number of nitrogens with zero attached hydrogens (tertiary/aromatic N) is 3. The number of aryl methyl sites for hydroxylation is 3. The van der Waals surface area contributed by atoms with Crippen molar-refractivity contribution in [3.05, 3.63) is 29.6 Å². The van der Waals surface area contributed by atoms with Gasteiger partial charge in [-0.1, -0.05) is 19.0 Å². The normalized spacial score (nSPS) is 13.1. The van der Waals surface area contributed by atoms with E-state index in [4.69, 9.17) is 10.9 Å². The molecule has 5 nitrogen and oxygen atoms in total. The topological polar surface area (TPSA) is 76.4 Å². The van der Waals surface area contributed by atoms with Crippen molar-refractivity contribution < 1.29 is 5.21 Å². The maximum Gasteiger partial charge on any atom is 0.144 e. The van der Waals surface area contributed by atoms with Crippen LogP contribution in [-0.4, -0.2) is 20.6 Å². The van der Waals surface area contributed by atoms with Gasteiger partial charge in [0.05, 0.1) is 17.4 Å². The molecule has 108 valence electrons. The van der Waals surface area contributed by atoms with Crippen LogP contribution in [0, 0.1) is 19.3 Å². The number of imidazole rings is 1. The number of hydrogen-bond donors (Lipinski definition) is 2. The fraction of sp³-hybridized carbons (Fsp3) is 0.467. The first-order valence-corrected chi connectivity index (χ1v) is 6.75. The van der Waals surface area contributed by atoms with Gasteiger partial charge in [-0.25, -0.2) is 4.98 Å². The monoisotopic (exact) mass is 274 g/mol. The number of aromatic nitrogens is 2. The Kier molecular flexibility index (Phi) is 3.70. The van der Waals surface area contributed by atoms with Gasteiger partial charge in [0.15, 0.2) is 0 Å². The molecule has 1 heterocycles. The Bertz CT molecular complexity index is 655. The molecule has 0 saturated carbocycles. The van der Waals surface area contributed by atoms with E-state index in [1.165, 1.54) is 11.1 Å². The second-order valence-corrected chi connectivity index (χ2v) is 5.98. The van der Waals surface area contributed by atoms with E-state index in [1.807, 2.05) is 20.2 Å². The van der Waals surface area contributed by atoms with Gasteiger partial charge < -0.3 is 15.5 Å². The highest BCUT2D eigenvalue weighted by Gasteiger charge is 2.23. The van der Waals surface area contributed by atoms with Gasteiger partial charge in [0.1, 0.15) is 5.84 Å². The number of benzene rings is 1. The lowest BCUT2D eigenvalue weighted by Gasteiger charge is -2.23. The van der Waals surface area contributed by atoms with Gasteiger partial charge in [0, 0.05) is 12.0 Å². The molecule has 1 aromatic heterocycles. The predicted molar refractivity (Wildman–Crippen MR) is 81.0 cm³/mol. The van der Waals surface area contributed by atoms with Crippen molar-refractivity contribution in [1.29, 1.82) is 0 Å². The molecule has 3 N–H and O–H groups in total. The van der Waals surface area contributed by atoms with Crippen LogP contribution in [0.3, 0.4) is 0 Å². The van der Waals surface area contributed by atoms with Crippen molar-refractivity contribution >= 4 is 16.9 Å². The van der Waals surface area contributed by atoms with Crippen molar-refractivity contribution in [3.63, 3.8) is 0 Å². The molecular formula is C15H22N4O. The molecular weight excluding hydrogens is 252 g/mol. The highest BCUT2D eigenvalue weighted by molar-refractivity contribution is 5.85. The zero-order valence-corrected chi connectivity index (χ0v) is 12.5. The quantitative estimate of drug-likeness (QED) is 0.389. The van der Waals surface area contributed by atoms with Crippen LogP contribution in [0.1, 0.15) is 31.4 Å². The second-order valence-electron chi connectivity index (χ2n) is 5.98. The first kappa shape index (κ1) is 14.4. The third kappa shape index (κ3) is 2.61. The number of hydrogen-bond acceptors (Lipinski definition) is 3. The summed E-state index contributed by atoms with van der Waals surface area (Å²) in [5.74, 6) is 0.258. The Morgan fingerprint density at radius 1 is 1.35 bits per heavy atom. The minimum atomic E-state index is -0.342. The Morgan fingerprint density at radius 3 is 2.65 bits per heavy atom. The molecule has 0 unspecified atom stereocenters. The van der Waals surface area contributed by atoms with Gasteiger partial charge in [0.2, 0.25) is 0 Å². The molecule has 2 aromatic rings. The summed E-state index contributed by atoms with van der Waals surface area (Å²) < 4.78 is 2.12. The van der Waals surface area contributed by atoms with Crippen molar-refractivity contribution in [3.8, 4) is 0 Å². The lowest BCUT2D eigenvalue weighted by molar-refractivity contribution is 0.303. The highest BCUT2D eigenvalue weighted by atomic mass is 16.4. The van der Waals surface area contributed by atoms with Gasteiger partial charge >= 0.3 is 0 Å². The third-order valence-corrected chi connectivity index (χ3v) is 4.02. The molecule has 5 heteroatoms. The van der Waals surface area contributed by atoms with E-state index in [9.17, 15) is 0 Å². The van der Waals surface area contributed by atoms with Crippen LogP contribution in [0.2, 0.25) is 0 Å². The molecule has 0 aliphatic carbocycles. The lowest BCUT2D eigenvalue weighted by Crippen LogP contribution is -2.32. The van der Waals surface area contributed by atoms with Crippen LogP contribution in [0.5, 0.6) is 0 Å². The summed E-state index contributed by atoms with van der Waals surface area (Å²) in [6.07, 6.45) is 2.63. The summed E-state index contributed by atoms with van der Waals surface area (Å²) in [5, 5.41) is 11.9. The third-order valence-electron chi connectivity index (χ3n) is 4.02. The minimum Gasteiger partial charge on any atom is -0.409 e. The highest BCUT2D eigenvalue weighted by Crippen LogP contribution is 2.24. The predicted octanol–water partition coefficient (Wildman–Crippen LogP) is 2.82. The average Bonchev–Trinajstić information content (AvgIpc) is 2.78. The van der Waals surface area contributed by atoms with Gasteiger partial charge in [-0.05, 0) is 43.5 Å². The Hall–Kier alpha value is -2.04. The minimum absolute atomic E-state index is 0.258. The molecule has 1 aromatic carbocycles. The molecule has 0 atom stereocenters. The van der Waals surface area contributed by atoms with Crippen LogP contribution in [0.25, 0.3) is 11.0 Å². The number of nitrogens with two attached hydrogens (primary N) is 1. The molecule has 0 radical (unpaired) electrons. The Balaban J connectivity index is 2.25. The summed E-state index contributed by atoms with van der Waals surface area (Å²) >= 11 is 0. The SMILES string of the molecule is Cc1cc2ncn(CCC(C)(C)C(N)=NO)c2cc1C. The molecule has 2 rings (SSSR count). The van der Waals surface area contributed by atoms with E-state index in [2.05, 4.69) is 40.7 Å². The van der Waals surface area contributed by atoms with E-state index in [0.717, 1.165) is 24.0 Å². The van der Waals surface area contributed by atoms with E-state index in [0.29, 0.717) is 0 Å². The molecule has 0 saturated heterocycles. The van der Waals surface area contributed by atoms with Crippen LogP contribution in [-0.2, 0) is 6.54 Å². The van der Waals surface area contributed by atoms with Gasteiger partial charge in [-0.15, -0.1) is 0 Å². The number of oxime groups is 1. The molecule has 20 heavy (non-hydrogen) atoms. The smallest absolute Gasteiger partial charge is 0.144 e. The van der Waals surface area contributed by atoms with E-state index < -0.39 is 0 Å². The Labute approximate surface area is 119 Å². The first-order chi connectivity index (χ1) is 9.35. The summed E-state index contributed by atoms with van der Waals surface area (Å²) in [5.41, 5.74) is 10.0. The van der Waals surface area contributed by atoms with Crippen molar-refractivity contribution in [2.24, 2.45) is 16.3 Å². The molecule has 0 aliphatic heterocycles. The van der Waals surface area contributed by atoms with Crippen LogP contribution in [0.4, 0.5) is 0 Å². The maximum absolute atomic E-state index is 8.81. The van der Waals surface area contributed by atoms with Crippen molar-refractivity contribution in [2.75, 3.05) is 0 Å². The molecule has 0 fully saturated rings. The summed E-state index contributed by atoms with van der Waals surface area (Å²) in [6, 6.07) is 4.27. The van der Waals surface area contributed by atoms with Gasteiger partial charge in [-0.3, -0.25) is 0 Å². The lowest BCUT2D eigenvalue weighted by atomic mass is 9.88. The van der Waals surface area contributed by atoms with Crippen molar-refractivity contribution in [2.45, 2.75) is 40.7 Å². The Morgan fingerprint density at radius 2 is 2.00 bits per heavy atom. The average molecular weight is 274 g/mol. The van der Waals surface area contributed by atoms with Gasteiger partial charge in [0.25, 0.3) is 0 Å². The summed E-state index contributed by atoms with van der Waals surface area (Å²) in [7, 11) is 0. The van der Waals surface area contributed by atoms with E-state index >= 15 is 0 Å². The van der Waals surface area contributed by atoms with Gasteiger partial charge in [-0.2, -0.15) is 0 Å². The second kappa shape index (κ2) is 5.15. The summed E-state index contributed by atoms with van der Waals surface area (Å²) in [4.78, 5) is 4.44. The molecule has 0 bridgehead atoms. The largest absolute Gasteiger partial charge is 0.409 e.